The zero-order chi connectivity index (χ0) is 31.2. The highest BCUT2D eigenvalue weighted by molar-refractivity contribution is 6.04. The average molecular weight is 581 g/mol. The lowest BCUT2D eigenvalue weighted by atomic mass is 9.76. The zero-order valence-electron chi connectivity index (χ0n) is 23.3. The molecule has 0 saturated heterocycles. The van der Waals surface area contributed by atoms with E-state index in [2.05, 4.69) is 53.9 Å². The minimum absolute atomic E-state index is 0.00810. The monoisotopic (exact) mass is 580 g/mol. The Kier molecular flexibility index (Phi) is 9.57. The summed E-state index contributed by atoms with van der Waals surface area (Å²) in [7, 11) is 0. The third-order valence-electron chi connectivity index (χ3n) is 7.58. The van der Waals surface area contributed by atoms with E-state index in [-0.39, 0.29) is 22.7 Å². The van der Waals surface area contributed by atoms with E-state index in [9.17, 15) is 22.8 Å². The molecule has 4 N–H and O–H groups in total. The molecule has 12 heteroatoms. The van der Waals surface area contributed by atoms with Gasteiger partial charge in [0, 0.05) is 29.7 Å². The van der Waals surface area contributed by atoms with Crippen LogP contribution in [-0.4, -0.2) is 36.3 Å². The molecule has 1 aliphatic rings. The molecule has 0 radical (unpaired) electrons. The summed E-state index contributed by atoms with van der Waals surface area (Å²) < 4.78 is 40.1. The molecule has 1 amide bonds. The number of amides is 1. The van der Waals surface area contributed by atoms with Crippen LogP contribution in [0.5, 0.6) is 0 Å². The number of nitrogen functional groups attached to an aromatic ring is 1. The number of aromatic nitrogens is 4. The van der Waals surface area contributed by atoms with Crippen LogP contribution in [0.15, 0.2) is 61.3 Å². The summed E-state index contributed by atoms with van der Waals surface area (Å²) in [5.74, 6) is -0.662. The second-order valence-corrected chi connectivity index (χ2v) is 10.3. The van der Waals surface area contributed by atoms with Gasteiger partial charge in [-0.15, -0.1) is 12.8 Å². The van der Waals surface area contributed by atoms with Crippen LogP contribution in [0.2, 0.25) is 0 Å². The number of carbonyl (C=O) groups is 2. The zero-order valence-corrected chi connectivity index (χ0v) is 23.3. The molecule has 0 aliphatic heterocycles. The van der Waals surface area contributed by atoms with Crippen molar-refractivity contribution in [3.63, 3.8) is 0 Å². The molecule has 2 atom stereocenters. The van der Waals surface area contributed by atoms with Gasteiger partial charge in [0.05, 0.1) is 17.2 Å². The van der Waals surface area contributed by atoms with Crippen LogP contribution in [0, 0.1) is 30.1 Å². The lowest BCUT2D eigenvalue weighted by molar-refractivity contribution is -0.145. The number of pyridine rings is 1. The molecule has 9 nitrogen and oxygen atoms in total. The van der Waals surface area contributed by atoms with Crippen molar-refractivity contribution in [2.75, 3.05) is 11.1 Å². The molecule has 0 spiro atoms. The van der Waals surface area contributed by atoms with Gasteiger partial charge in [0.25, 0.3) is 5.91 Å². The van der Waals surface area contributed by atoms with E-state index >= 15 is 0 Å². The van der Waals surface area contributed by atoms with Gasteiger partial charge in [-0.2, -0.15) is 13.2 Å². The summed E-state index contributed by atoms with van der Waals surface area (Å²) >= 11 is 0. The molecule has 1 fully saturated rings. The normalized spacial score (nSPS) is 17.3. The Morgan fingerprint density at radius 2 is 1.74 bits per heavy atom. The van der Waals surface area contributed by atoms with E-state index < -0.39 is 23.6 Å². The predicted octanol–water partition coefficient (Wildman–Crippen LogP) is 6.04. The van der Waals surface area contributed by atoms with E-state index in [1.54, 1.807) is 35.3 Å². The summed E-state index contributed by atoms with van der Waals surface area (Å²) in [6.07, 6.45) is 11.3. The maximum atomic E-state index is 12.8. The minimum atomic E-state index is -4.52. The number of carbonyl (C=O) groups excluding carboxylic acids is 1. The van der Waals surface area contributed by atoms with Gasteiger partial charge in [-0.1, -0.05) is 32.9 Å². The first-order chi connectivity index (χ1) is 19.8. The highest BCUT2D eigenvalue weighted by atomic mass is 19.4. The van der Waals surface area contributed by atoms with Crippen LogP contribution in [0.3, 0.4) is 0 Å². The van der Waals surface area contributed by atoms with E-state index in [4.69, 9.17) is 10.8 Å². The summed E-state index contributed by atoms with van der Waals surface area (Å²) in [6, 6.07) is 8.03. The lowest BCUT2D eigenvalue weighted by Crippen LogP contribution is -2.29. The fraction of sp³-hybridized carbons (Fsp3) is 0.300. The first-order valence-electron chi connectivity index (χ1n) is 12.9. The maximum absolute atomic E-state index is 12.8. The summed E-state index contributed by atoms with van der Waals surface area (Å²) in [5.41, 5.74) is 7.22. The fourth-order valence-electron chi connectivity index (χ4n) is 4.77. The van der Waals surface area contributed by atoms with Crippen molar-refractivity contribution < 1.29 is 27.9 Å². The second-order valence-electron chi connectivity index (χ2n) is 10.3. The number of halogens is 3. The summed E-state index contributed by atoms with van der Waals surface area (Å²) in [5, 5.41) is 11.2. The number of rotatable bonds is 4. The number of carboxylic acid groups (broad SMARTS) is 1. The smallest absolute Gasteiger partial charge is 0.416 e. The molecule has 220 valence electrons. The first-order valence-corrected chi connectivity index (χ1v) is 12.9. The van der Waals surface area contributed by atoms with Gasteiger partial charge in [-0.25, -0.2) is 15.0 Å². The Balaban J connectivity index is 0.000000313. The van der Waals surface area contributed by atoms with Crippen molar-refractivity contribution in [2.45, 2.75) is 39.8 Å². The van der Waals surface area contributed by atoms with Crippen molar-refractivity contribution in [2.24, 2.45) is 17.3 Å². The van der Waals surface area contributed by atoms with E-state index in [1.165, 1.54) is 12.1 Å². The Hall–Kier alpha value is -4.92. The van der Waals surface area contributed by atoms with Crippen molar-refractivity contribution in [1.29, 1.82) is 0 Å². The first kappa shape index (κ1) is 31.6. The quantitative estimate of drug-likeness (QED) is 0.251. The number of imidazole rings is 1. The number of carboxylic acids is 1. The number of benzene rings is 1. The summed E-state index contributed by atoms with van der Waals surface area (Å²) in [4.78, 5) is 35.3. The number of nitrogens with two attached hydrogens (primary N) is 1. The molecule has 5 rings (SSSR count). The van der Waals surface area contributed by atoms with Crippen LogP contribution >= 0.6 is 0 Å². The van der Waals surface area contributed by atoms with E-state index in [0.717, 1.165) is 31.2 Å². The number of alkyl halides is 3. The molecule has 1 aliphatic carbocycles. The molecule has 4 aromatic rings. The number of hydrogen-bond donors (Lipinski definition) is 3. The molecular formula is C30H31F3N6O3. The average Bonchev–Trinajstić information content (AvgIpc) is 3.51. The SMILES string of the molecule is C#C.C[C@@H]1CC[C@H](C(=O)O)C1(C)C.Nc1nccn2cnc(-c3ccc(C(=O)Nc4cc(C(F)(F)F)ccn4)cc3)c12. The van der Waals surface area contributed by atoms with Gasteiger partial charge in [-0.05, 0) is 48.4 Å². The molecule has 1 aromatic carbocycles. The van der Waals surface area contributed by atoms with Crippen molar-refractivity contribution >= 4 is 29.0 Å². The van der Waals surface area contributed by atoms with Crippen molar-refractivity contribution in [1.82, 2.24) is 19.4 Å². The van der Waals surface area contributed by atoms with Crippen LogP contribution in [-0.2, 0) is 11.0 Å². The Morgan fingerprint density at radius 1 is 1.07 bits per heavy atom. The number of hydrogen-bond acceptors (Lipinski definition) is 6. The molecule has 1 saturated carbocycles. The van der Waals surface area contributed by atoms with Gasteiger partial charge in [0.15, 0.2) is 0 Å². The molecule has 0 bridgehead atoms. The third kappa shape index (κ3) is 6.86. The number of aliphatic carboxylic acids is 1. The van der Waals surface area contributed by atoms with Gasteiger partial charge >= 0.3 is 12.1 Å². The van der Waals surface area contributed by atoms with Gasteiger partial charge in [0.2, 0.25) is 0 Å². The van der Waals surface area contributed by atoms with Crippen LogP contribution in [0.1, 0.15) is 49.5 Å². The minimum Gasteiger partial charge on any atom is -0.481 e. The predicted molar refractivity (Wildman–Crippen MR) is 153 cm³/mol. The number of fused-ring (bicyclic) bond motifs is 1. The number of anilines is 2. The van der Waals surface area contributed by atoms with Gasteiger partial charge in [-0.3, -0.25) is 9.59 Å². The Bertz CT molecular complexity index is 1580. The number of terminal acetylenes is 1. The standard InChI is InChI=1S/C19H13F3N6O.C9H16O2.C2H2/c20-19(21,22)13-5-6-24-14(9-13)27-18(29)12-3-1-11(2-4-12)15-16-17(23)25-7-8-28(16)10-26-15;1-6-4-5-7(8(10)11)9(6,2)3;1-2/h1-10H,(H2,23,25)(H,24,27,29);6-7H,4-5H2,1-3H3,(H,10,11);1-2H/t;6-,7-;/m.1./s1. The van der Waals surface area contributed by atoms with E-state index in [1.807, 2.05) is 0 Å². The number of nitrogens with zero attached hydrogens (tertiary/aromatic N) is 4. The summed E-state index contributed by atoms with van der Waals surface area (Å²) in [6.45, 7) is 6.26. The van der Waals surface area contributed by atoms with Gasteiger partial charge in [0.1, 0.15) is 23.5 Å². The molecule has 3 aromatic heterocycles. The highest BCUT2D eigenvalue weighted by Gasteiger charge is 2.44. The highest BCUT2D eigenvalue weighted by Crippen LogP contribution is 2.47. The largest absolute Gasteiger partial charge is 0.481 e. The van der Waals surface area contributed by atoms with E-state index in [0.29, 0.717) is 28.5 Å². The molecule has 0 unspecified atom stereocenters. The molecular weight excluding hydrogens is 549 g/mol. The topological polar surface area (TPSA) is 136 Å². The van der Waals surface area contributed by atoms with Crippen molar-refractivity contribution in [3.8, 4) is 24.1 Å². The van der Waals surface area contributed by atoms with Crippen LogP contribution in [0.25, 0.3) is 16.8 Å². The Labute approximate surface area is 241 Å². The third-order valence-corrected chi connectivity index (χ3v) is 7.58. The Morgan fingerprint density at radius 3 is 2.29 bits per heavy atom. The maximum Gasteiger partial charge on any atom is 0.416 e. The number of nitrogens with one attached hydrogen (secondary N) is 1. The fourth-order valence-corrected chi connectivity index (χ4v) is 4.77. The van der Waals surface area contributed by atoms with Crippen LogP contribution < -0.4 is 11.1 Å². The second kappa shape index (κ2) is 12.7. The van der Waals surface area contributed by atoms with Gasteiger partial charge < -0.3 is 20.6 Å². The molecule has 42 heavy (non-hydrogen) atoms. The molecule has 3 heterocycles. The van der Waals surface area contributed by atoms with Crippen LogP contribution in [0.4, 0.5) is 24.8 Å². The lowest BCUT2D eigenvalue weighted by Gasteiger charge is -2.28. The van der Waals surface area contributed by atoms with Crippen molar-refractivity contribution in [3.05, 3.63) is 72.4 Å².